The number of fused-ring (bicyclic) bond motifs is 1. The third-order valence-corrected chi connectivity index (χ3v) is 5.87. The second-order valence-corrected chi connectivity index (χ2v) is 8.27. The minimum atomic E-state index is -0.614. The van der Waals surface area contributed by atoms with Crippen molar-refractivity contribution in [2.24, 2.45) is 0 Å². The molecule has 3 aromatic carbocycles. The fraction of sp³-hybridized carbons (Fsp3) is 0.111. The van der Waals surface area contributed by atoms with Crippen LogP contribution in [-0.4, -0.2) is 37.2 Å². The Morgan fingerprint density at radius 1 is 0.914 bits per heavy atom. The Morgan fingerprint density at radius 3 is 2.31 bits per heavy atom. The first kappa shape index (κ1) is 22.1. The average Bonchev–Trinajstić information content (AvgIpc) is 3.31. The first-order chi connectivity index (χ1) is 17.0. The van der Waals surface area contributed by atoms with Crippen molar-refractivity contribution in [3.8, 4) is 16.9 Å². The van der Waals surface area contributed by atoms with Gasteiger partial charge in [-0.3, -0.25) is 14.2 Å². The number of likely N-dealkylation sites (N-methyl/N-ethyl adjacent to an activating group) is 1. The summed E-state index contributed by atoms with van der Waals surface area (Å²) < 4.78 is 2.72. The van der Waals surface area contributed by atoms with Crippen molar-refractivity contribution in [3.05, 3.63) is 118 Å². The highest BCUT2D eigenvalue weighted by Gasteiger charge is 2.19. The number of hydrogen-bond acceptors (Lipinski definition) is 4. The maximum Gasteiger partial charge on any atom is 0.329 e. The molecule has 0 bridgehead atoms. The number of benzene rings is 3. The smallest absolute Gasteiger partial charge is 0.329 e. The van der Waals surface area contributed by atoms with E-state index in [1.807, 2.05) is 66.9 Å². The van der Waals surface area contributed by atoms with Crippen LogP contribution in [0, 0.1) is 0 Å². The Bertz CT molecular complexity index is 1620. The van der Waals surface area contributed by atoms with Crippen LogP contribution in [0.2, 0.25) is 0 Å². The van der Waals surface area contributed by atoms with E-state index in [9.17, 15) is 14.4 Å². The molecule has 0 aliphatic carbocycles. The van der Waals surface area contributed by atoms with Crippen LogP contribution >= 0.6 is 0 Å². The Kier molecular flexibility index (Phi) is 5.85. The normalized spacial score (nSPS) is 11.0. The van der Waals surface area contributed by atoms with Crippen LogP contribution in [0.4, 0.5) is 0 Å². The average molecular weight is 466 g/mol. The molecule has 0 saturated heterocycles. The Labute approximate surface area is 200 Å². The number of para-hydroxylation sites is 2. The van der Waals surface area contributed by atoms with Crippen LogP contribution in [0.5, 0.6) is 0 Å². The van der Waals surface area contributed by atoms with Crippen molar-refractivity contribution in [1.29, 1.82) is 0 Å². The van der Waals surface area contributed by atoms with Gasteiger partial charge in [0.1, 0.15) is 6.54 Å². The van der Waals surface area contributed by atoms with Gasteiger partial charge in [0.05, 0.1) is 22.3 Å². The number of carbonyl (C=O) groups excluding carboxylic acids is 1. The molecule has 5 rings (SSSR count). The summed E-state index contributed by atoms with van der Waals surface area (Å²) in [4.78, 5) is 42.6. The molecule has 2 aromatic heterocycles. The summed E-state index contributed by atoms with van der Waals surface area (Å²) in [5.74, 6) is -0.362. The number of H-pyrrole nitrogens is 1. The molecule has 0 saturated carbocycles. The zero-order valence-electron chi connectivity index (χ0n) is 19.1. The lowest BCUT2D eigenvalue weighted by atomic mass is 10.1. The van der Waals surface area contributed by atoms with Gasteiger partial charge < -0.3 is 9.88 Å². The Hall–Kier alpha value is -4.72. The van der Waals surface area contributed by atoms with Gasteiger partial charge >= 0.3 is 5.69 Å². The number of rotatable bonds is 6. The third kappa shape index (κ3) is 4.41. The van der Waals surface area contributed by atoms with Crippen LogP contribution in [0.25, 0.3) is 27.8 Å². The molecule has 35 heavy (non-hydrogen) atoms. The van der Waals surface area contributed by atoms with E-state index >= 15 is 0 Å². The van der Waals surface area contributed by atoms with E-state index in [1.165, 1.54) is 4.90 Å². The predicted molar refractivity (Wildman–Crippen MR) is 134 cm³/mol. The van der Waals surface area contributed by atoms with Crippen LogP contribution in [0.15, 0.2) is 101 Å². The van der Waals surface area contributed by atoms with Gasteiger partial charge in [-0.05, 0) is 24.3 Å². The highest BCUT2D eigenvalue weighted by atomic mass is 16.2. The van der Waals surface area contributed by atoms with E-state index < -0.39 is 11.2 Å². The topological polar surface area (TPSA) is 93.0 Å². The molecule has 1 amide bonds. The second-order valence-electron chi connectivity index (χ2n) is 8.27. The number of nitrogens with one attached hydrogen (secondary N) is 1. The summed E-state index contributed by atoms with van der Waals surface area (Å²) in [6.07, 6.45) is 1.90. The molecule has 0 radical (unpaired) electrons. The SMILES string of the molecule is CN(Cc1cn(-c2ccccc2)nc1-c1ccccc1)C(=O)Cn1c(=O)[nH]c2ccccc2c1=O. The van der Waals surface area contributed by atoms with Gasteiger partial charge in [-0.2, -0.15) is 5.10 Å². The van der Waals surface area contributed by atoms with Crippen molar-refractivity contribution >= 4 is 16.8 Å². The molecule has 174 valence electrons. The van der Waals surface area contributed by atoms with E-state index in [-0.39, 0.29) is 19.0 Å². The number of amides is 1. The minimum Gasteiger partial charge on any atom is -0.340 e. The minimum absolute atomic E-state index is 0.260. The largest absolute Gasteiger partial charge is 0.340 e. The summed E-state index contributed by atoms with van der Waals surface area (Å²) in [5, 5.41) is 5.14. The molecule has 0 unspecified atom stereocenters. The van der Waals surface area contributed by atoms with E-state index in [0.29, 0.717) is 10.9 Å². The number of hydrogen-bond donors (Lipinski definition) is 1. The van der Waals surface area contributed by atoms with Gasteiger partial charge in [-0.25, -0.2) is 9.48 Å². The fourth-order valence-corrected chi connectivity index (χ4v) is 4.02. The van der Waals surface area contributed by atoms with Gasteiger partial charge in [0.15, 0.2) is 0 Å². The maximum atomic E-state index is 13.1. The first-order valence-corrected chi connectivity index (χ1v) is 11.2. The van der Waals surface area contributed by atoms with Crippen LogP contribution in [0.1, 0.15) is 5.56 Å². The molecule has 2 heterocycles. The molecule has 1 N–H and O–H groups in total. The van der Waals surface area contributed by atoms with Crippen molar-refractivity contribution in [2.75, 3.05) is 7.05 Å². The molecule has 0 aliphatic heterocycles. The number of nitrogens with zero attached hydrogens (tertiary/aromatic N) is 4. The van der Waals surface area contributed by atoms with Gasteiger partial charge in [-0.15, -0.1) is 0 Å². The number of aromatic nitrogens is 4. The zero-order valence-corrected chi connectivity index (χ0v) is 19.1. The summed E-state index contributed by atoms with van der Waals surface area (Å²) in [7, 11) is 1.65. The van der Waals surface area contributed by atoms with E-state index in [0.717, 1.165) is 27.1 Å². The van der Waals surface area contributed by atoms with E-state index in [4.69, 9.17) is 5.10 Å². The van der Waals surface area contributed by atoms with Gasteiger partial charge in [0, 0.05) is 30.9 Å². The monoisotopic (exact) mass is 465 g/mol. The Balaban J connectivity index is 1.45. The molecule has 5 aromatic rings. The van der Waals surface area contributed by atoms with Gasteiger partial charge in [0.2, 0.25) is 5.91 Å². The van der Waals surface area contributed by atoms with E-state index in [2.05, 4.69) is 4.98 Å². The van der Waals surface area contributed by atoms with Crippen molar-refractivity contribution in [1.82, 2.24) is 24.2 Å². The molecule has 0 aliphatic rings. The quantitative estimate of drug-likeness (QED) is 0.417. The predicted octanol–water partition coefficient (Wildman–Crippen LogP) is 3.20. The summed E-state index contributed by atoms with van der Waals surface area (Å²) >= 11 is 0. The van der Waals surface area contributed by atoms with Crippen molar-refractivity contribution in [2.45, 2.75) is 13.1 Å². The Morgan fingerprint density at radius 2 is 1.57 bits per heavy atom. The lowest BCUT2D eigenvalue weighted by Gasteiger charge is -2.17. The highest BCUT2D eigenvalue weighted by Crippen LogP contribution is 2.24. The highest BCUT2D eigenvalue weighted by molar-refractivity contribution is 5.79. The molecular formula is C27H23N5O3. The van der Waals surface area contributed by atoms with Crippen molar-refractivity contribution in [3.63, 3.8) is 0 Å². The summed E-state index contributed by atoms with van der Waals surface area (Å²) in [5.41, 5.74) is 2.77. The van der Waals surface area contributed by atoms with Gasteiger partial charge in [0.25, 0.3) is 5.56 Å². The molecular weight excluding hydrogens is 442 g/mol. The van der Waals surface area contributed by atoms with Crippen molar-refractivity contribution < 1.29 is 4.79 Å². The lowest BCUT2D eigenvalue weighted by molar-refractivity contribution is -0.131. The summed E-state index contributed by atoms with van der Waals surface area (Å²) in [6.45, 7) is -0.0981. The van der Waals surface area contributed by atoms with Crippen LogP contribution < -0.4 is 11.2 Å². The van der Waals surface area contributed by atoms with Gasteiger partial charge in [-0.1, -0.05) is 60.7 Å². The molecule has 8 nitrogen and oxygen atoms in total. The molecule has 8 heteroatoms. The van der Waals surface area contributed by atoms with Crippen LogP contribution in [0.3, 0.4) is 0 Å². The third-order valence-electron chi connectivity index (χ3n) is 5.87. The first-order valence-electron chi connectivity index (χ1n) is 11.2. The fourth-order valence-electron chi connectivity index (χ4n) is 4.02. The van der Waals surface area contributed by atoms with Crippen LogP contribution in [-0.2, 0) is 17.9 Å². The standard InChI is InChI=1S/C27H23N5O3/c1-30(24(33)18-31-26(34)22-14-8-9-15-23(22)28-27(31)35)16-20-17-32(21-12-6-3-7-13-21)29-25(20)19-10-4-2-5-11-19/h2-15,17H,16,18H2,1H3,(H,28,35). The molecule has 0 spiro atoms. The second kappa shape index (κ2) is 9.26. The number of carbonyl (C=O) groups is 1. The number of aromatic amines is 1. The van der Waals surface area contributed by atoms with E-state index in [1.54, 1.807) is 36.0 Å². The maximum absolute atomic E-state index is 13.1. The lowest BCUT2D eigenvalue weighted by Crippen LogP contribution is -2.41. The molecule has 0 fully saturated rings. The summed E-state index contributed by atoms with van der Waals surface area (Å²) in [6, 6.07) is 26.2. The molecule has 0 atom stereocenters. The zero-order chi connectivity index (χ0) is 24.4.